The summed E-state index contributed by atoms with van der Waals surface area (Å²) >= 11 is 1.62. The van der Waals surface area contributed by atoms with Gasteiger partial charge in [-0.2, -0.15) is 0 Å². The van der Waals surface area contributed by atoms with Crippen molar-refractivity contribution in [3.05, 3.63) is 82.4 Å². The van der Waals surface area contributed by atoms with E-state index < -0.39 is 6.04 Å². The standard InChI is InChI=1S/C29H29N5O3S/c1-29(12-13-29)27-32-24(26(38-27)30-14-15-36-2)25-33-34-28(37-25)31-22-17-21(18-8-4-3-5-9-18)20-11-7-6-10-19(20)16-23(22)35/h3-11,17,22,30H,12-16H2,1-2H3,(H,31,34)/t22-/m0/s1. The van der Waals surface area contributed by atoms with Gasteiger partial charge >= 0.3 is 6.01 Å². The minimum absolute atomic E-state index is 0.0302. The molecule has 1 atom stereocenters. The molecule has 194 valence electrons. The Bertz CT molecular complexity index is 1490. The summed E-state index contributed by atoms with van der Waals surface area (Å²) in [5, 5.41) is 17.0. The number of hydrogen-bond acceptors (Lipinski definition) is 9. The molecule has 2 aromatic carbocycles. The molecule has 9 heteroatoms. The molecule has 2 aliphatic rings. The maximum atomic E-state index is 13.3. The molecule has 0 unspecified atom stereocenters. The summed E-state index contributed by atoms with van der Waals surface area (Å²) in [5.74, 6) is 0.346. The number of aromatic nitrogens is 3. The highest BCUT2D eigenvalue weighted by Gasteiger charge is 2.43. The van der Waals surface area contributed by atoms with Gasteiger partial charge < -0.3 is 19.8 Å². The molecule has 0 aliphatic heterocycles. The maximum Gasteiger partial charge on any atom is 0.316 e. The summed E-state index contributed by atoms with van der Waals surface area (Å²) in [6, 6.07) is 17.7. The number of hydrogen-bond donors (Lipinski definition) is 2. The quantitative estimate of drug-likeness (QED) is 0.281. The summed E-state index contributed by atoms with van der Waals surface area (Å²) in [7, 11) is 1.67. The predicted molar refractivity (Wildman–Crippen MR) is 148 cm³/mol. The second-order valence-electron chi connectivity index (χ2n) is 9.96. The molecule has 2 heterocycles. The number of anilines is 2. The van der Waals surface area contributed by atoms with E-state index in [-0.39, 0.29) is 17.2 Å². The number of fused-ring (bicyclic) bond motifs is 1. The third-order valence-corrected chi connectivity index (χ3v) is 8.40. The highest BCUT2D eigenvalue weighted by atomic mass is 32.1. The van der Waals surface area contributed by atoms with Gasteiger partial charge in [0.15, 0.2) is 11.5 Å². The highest BCUT2D eigenvalue weighted by Crippen LogP contribution is 2.51. The van der Waals surface area contributed by atoms with Crippen LogP contribution in [-0.4, -0.2) is 47.3 Å². The van der Waals surface area contributed by atoms with E-state index >= 15 is 0 Å². The van der Waals surface area contributed by atoms with Crippen LogP contribution in [0.25, 0.3) is 17.2 Å². The zero-order chi connectivity index (χ0) is 26.1. The first-order valence-electron chi connectivity index (χ1n) is 12.8. The van der Waals surface area contributed by atoms with Crippen LogP contribution in [0.4, 0.5) is 11.0 Å². The summed E-state index contributed by atoms with van der Waals surface area (Å²) in [4.78, 5) is 18.2. The number of nitrogens with zero attached hydrogens (tertiary/aromatic N) is 3. The molecule has 2 N–H and O–H groups in total. The van der Waals surface area contributed by atoms with Crippen molar-refractivity contribution in [2.24, 2.45) is 0 Å². The largest absolute Gasteiger partial charge is 0.402 e. The number of ether oxygens (including phenoxy) is 1. The van der Waals surface area contributed by atoms with Crippen LogP contribution < -0.4 is 10.6 Å². The SMILES string of the molecule is COCCNc1sc(C2(C)CC2)nc1-c1nnc(N[C@H]2C=C(c3ccccc3)c3ccccc3CC2=O)o1. The maximum absolute atomic E-state index is 13.3. The lowest BCUT2D eigenvalue weighted by atomic mass is 9.94. The normalized spacial score (nSPS) is 17.9. The molecule has 1 saturated carbocycles. The second-order valence-corrected chi connectivity index (χ2v) is 11.0. The minimum atomic E-state index is -0.624. The van der Waals surface area contributed by atoms with Crippen molar-refractivity contribution in [3.8, 4) is 11.6 Å². The molecule has 0 spiro atoms. The Morgan fingerprint density at radius 3 is 2.68 bits per heavy atom. The highest BCUT2D eigenvalue weighted by molar-refractivity contribution is 7.16. The lowest BCUT2D eigenvalue weighted by Crippen LogP contribution is -2.28. The molecule has 1 fully saturated rings. The van der Waals surface area contributed by atoms with Crippen molar-refractivity contribution >= 4 is 33.7 Å². The fourth-order valence-corrected chi connectivity index (χ4v) is 5.78. The van der Waals surface area contributed by atoms with Crippen LogP contribution in [0.2, 0.25) is 0 Å². The lowest BCUT2D eigenvalue weighted by Gasteiger charge is -2.12. The molecule has 8 nitrogen and oxygen atoms in total. The monoisotopic (exact) mass is 527 g/mol. The third-order valence-electron chi connectivity index (χ3n) is 7.08. The smallest absolute Gasteiger partial charge is 0.316 e. The number of rotatable bonds is 9. The van der Waals surface area contributed by atoms with Crippen LogP contribution in [0.5, 0.6) is 0 Å². The van der Waals surface area contributed by atoms with E-state index in [1.54, 1.807) is 18.4 Å². The zero-order valence-corrected chi connectivity index (χ0v) is 22.2. The van der Waals surface area contributed by atoms with Crippen molar-refractivity contribution in [1.82, 2.24) is 15.2 Å². The number of ketones is 1. The van der Waals surface area contributed by atoms with Gasteiger partial charge in [-0.05, 0) is 41.2 Å². The molecular formula is C29H29N5O3S. The van der Waals surface area contributed by atoms with E-state index in [0.29, 0.717) is 31.2 Å². The number of carbonyl (C=O) groups excluding carboxylic acids is 1. The van der Waals surface area contributed by atoms with Crippen molar-refractivity contribution in [2.75, 3.05) is 30.9 Å². The Hall–Kier alpha value is -3.82. The van der Waals surface area contributed by atoms with Crippen molar-refractivity contribution in [1.29, 1.82) is 0 Å². The number of thiazole rings is 1. The fourth-order valence-electron chi connectivity index (χ4n) is 4.60. The second kappa shape index (κ2) is 10.2. The Morgan fingerprint density at radius 1 is 1.11 bits per heavy atom. The van der Waals surface area contributed by atoms with E-state index in [9.17, 15) is 4.79 Å². The molecular weight excluding hydrogens is 498 g/mol. The zero-order valence-electron chi connectivity index (χ0n) is 21.4. The average molecular weight is 528 g/mol. The van der Waals surface area contributed by atoms with Crippen molar-refractivity contribution in [3.63, 3.8) is 0 Å². The first-order chi connectivity index (χ1) is 18.5. The molecule has 0 saturated heterocycles. The van der Waals surface area contributed by atoms with E-state index in [1.807, 2.05) is 42.5 Å². The minimum Gasteiger partial charge on any atom is -0.402 e. The van der Waals surface area contributed by atoms with Crippen LogP contribution in [0.3, 0.4) is 0 Å². The van der Waals surface area contributed by atoms with Crippen LogP contribution in [-0.2, 0) is 21.4 Å². The van der Waals surface area contributed by atoms with Crippen LogP contribution in [0.15, 0.2) is 65.1 Å². The van der Waals surface area contributed by atoms with Gasteiger partial charge in [0.2, 0.25) is 0 Å². The van der Waals surface area contributed by atoms with Gasteiger partial charge in [0.05, 0.1) is 6.61 Å². The Balaban J connectivity index is 1.30. The Labute approximate surface area is 225 Å². The molecule has 38 heavy (non-hydrogen) atoms. The molecule has 4 aromatic rings. The van der Waals surface area contributed by atoms with E-state index in [2.05, 4.69) is 46.0 Å². The van der Waals surface area contributed by atoms with Crippen molar-refractivity contribution < 1.29 is 13.9 Å². The van der Waals surface area contributed by atoms with Gasteiger partial charge in [0.1, 0.15) is 16.1 Å². The number of benzene rings is 2. The van der Waals surface area contributed by atoms with Gasteiger partial charge in [-0.15, -0.1) is 16.4 Å². The van der Waals surface area contributed by atoms with E-state index in [1.165, 1.54) is 0 Å². The first-order valence-corrected chi connectivity index (χ1v) is 13.6. The first kappa shape index (κ1) is 24.5. The molecule has 0 amide bonds. The topological polar surface area (TPSA) is 102 Å². The van der Waals surface area contributed by atoms with Gasteiger partial charge in [-0.3, -0.25) is 4.79 Å². The van der Waals surface area contributed by atoms with Gasteiger partial charge in [-0.1, -0.05) is 66.6 Å². The van der Waals surface area contributed by atoms with Crippen LogP contribution >= 0.6 is 11.3 Å². The van der Waals surface area contributed by atoms with Crippen molar-refractivity contribution in [2.45, 2.75) is 37.6 Å². The summed E-state index contributed by atoms with van der Waals surface area (Å²) in [6.07, 6.45) is 4.51. The van der Waals surface area contributed by atoms with Gasteiger partial charge in [0, 0.05) is 25.5 Å². The van der Waals surface area contributed by atoms with E-state index in [0.717, 1.165) is 45.1 Å². The molecule has 6 rings (SSSR count). The van der Waals surface area contributed by atoms with Gasteiger partial charge in [-0.25, -0.2) is 4.98 Å². The number of nitrogens with one attached hydrogen (secondary N) is 2. The summed E-state index contributed by atoms with van der Waals surface area (Å²) < 4.78 is 11.2. The number of methoxy groups -OCH3 is 1. The third kappa shape index (κ3) is 4.87. The number of carbonyl (C=O) groups is 1. The van der Waals surface area contributed by atoms with E-state index in [4.69, 9.17) is 14.1 Å². The Morgan fingerprint density at radius 2 is 1.89 bits per heavy atom. The lowest BCUT2D eigenvalue weighted by molar-refractivity contribution is -0.118. The summed E-state index contributed by atoms with van der Waals surface area (Å²) in [5.41, 5.74) is 4.84. The predicted octanol–water partition coefficient (Wildman–Crippen LogP) is 5.34. The average Bonchev–Trinajstić information content (AvgIpc) is 3.34. The number of Topliss-reactive ketones (excluding diaryl/α,β-unsaturated/α-hetero) is 1. The molecule has 0 bridgehead atoms. The molecule has 2 aromatic heterocycles. The van der Waals surface area contributed by atoms with Gasteiger partial charge in [0.25, 0.3) is 5.89 Å². The Kier molecular flexibility index (Phi) is 6.55. The molecule has 2 aliphatic carbocycles. The summed E-state index contributed by atoms with van der Waals surface area (Å²) in [6.45, 7) is 3.44. The van der Waals surface area contributed by atoms with Crippen LogP contribution in [0.1, 0.15) is 41.5 Å². The molecule has 0 radical (unpaired) electrons. The fraction of sp³-hybridized carbons (Fsp3) is 0.310. The van der Waals surface area contributed by atoms with Crippen LogP contribution in [0, 0.1) is 0 Å².